The molecule has 29 heavy (non-hydrogen) atoms. The minimum absolute atomic E-state index is 0.0857. The minimum atomic E-state index is -0.361. The maximum absolute atomic E-state index is 13.1. The van der Waals surface area contributed by atoms with Gasteiger partial charge in [0.05, 0.1) is 0 Å². The van der Waals surface area contributed by atoms with Crippen LogP contribution in [0, 0.1) is 11.7 Å². The maximum Gasteiger partial charge on any atom is 0.274 e. The fourth-order valence-electron chi connectivity index (χ4n) is 3.41. The van der Waals surface area contributed by atoms with Crippen LogP contribution in [0.1, 0.15) is 19.8 Å². The Balaban J connectivity index is 1.61. The number of halogens is 1. The monoisotopic (exact) mass is 396 g/mol. The molecular weight excluding hydrogens is 375 g/mol. The second-order valence-corrected chi connectivity index (χ2v) is 7.33. The molecule has 1 aliphatic rings. The normalized spacial score (nSPS) is 14.9. The van der Waals surface area contributed by atoms with Gasteiger partial charge in [0.1, 0.15) is 18.1 Å². The molecule has 1 amide bonds. The van der Waals surface area contributed by atoms with E-state index in [-0.39, 0.29) is 35.5 Å². The van der Waals surface area contributed by atoms with Crippen molar-refractivity contribution in [3.05, 3.63) is 58.6 Å². The van der Waals surface area contributed by atoms with E-state index in [0.29, 0.717) is 30.3 Å². The molecule has 8 heteroatoms. The number of carbonyl (C=O) groups excluding carboxylic acids is 1. The first-order chi connectivity index (χ1) is 14.0. The number of amides is 1. The number of piperidine rings is 1. The third-order valence-corrected chi connectivity index (χ3v) is 5.23. The van der Waals surface area contributed by atoms with Gasteiger partial charge in [-0.05, 0) is 49.1 Å². The molecule has 4 rings (SSSR count). The van der Waals surface area contributed by atoms with Crippen molar-refractivity contribution in [1.29, 1.82) is 0 Å². The van der Waals surface area contributed by atoms with Crippen molar-refractivity contribution in [2.24, 2.45) is 5.92 Å². The van der Waals surface area contributed by atoms with E-state index in [4.69, 9.17) is 4.52 Å². The predicted molar refractivity (Wildman–Crippen MR) is 104 cm³/mol. The van der Waals surface area contributed by atoms with Crippen molar-refractivity contribution in [3.8, 4) is 23.0 Å². The van der Waals surface area contributed by atoms with Gasteiger partial charge >= 0.3 is 0 Å². The van der Waals surface area contributed by atoms with Crippen LogP contribution in [0.2, 0.25) is 0 Å². The average molecular weight is 396 g/mol. The number of hydrogen-bond donors (Lipinski definition) is 0. The van der Waals surface area contributed by atoms with E-state index in [9.17, 15) is 14.0 Å². The van der Waals surface area contributed by atoms with E-state index < -0.39 is 0 Å². The molecule has 1 fully saturated rings. The van der Waals surface area contributed by atoms with Gasteiger partial charge in [-0.1, -0.05) is 18.1 Å². The highest BCUT2D eigenvalue weighted by Crippen LogP contribution is 2.22. The molecule has 1 aromatic carbocycles. The Kier molecular flexibility index (Phi) is 5.24. The average Bonchev–Trinajstić information content (AvgIpc) is 3.20. The van der Waals surface area contributed by atoms with Crippen LogP contribution in [0.5, 0.6) is 0 Å². The number of hydrogen-bond acceptors (Lipinski definition) is 5. The summed E-state index contributed by atoms with van der Waals surface area (Å²) in [5, 5.41) is 3.92. The largest absolute Gasteiger partial charge is 0.341 e. The summed E-state index contributed by atoms with van der Waals surface area (Å²) in [6.45, 7) is 3.49. The summed E-state index contributed by atoms with van der Waals surface area (Å²) in [7, 11) is 0. The Labute approximate surface area is 166 Å². The summed E-state index contributed by atoms with van der Waals surface area (Å²) in [6, 6.07) is 10.3. The molecule has 150 valence electrons. The molecular formula is C21H21FN4O3. The fraction of sp³-hybridized carbons (Fsp3) is 0.333. The molecule has 0 spiro atoms. The van der Waals surface area contributed by atoms with Crippen LogP contribution >= 0.6 is 0 Å². The smallest absolute Gasteiger partial charge is 0.274 e. The summed E-state index contributed by atoms with van der Waals surface area (Å²) in [5.74, 6) is 0.545. The van der Waals surface area contributed by atoms with Gasteiger partial charge in [0.15, 0.2) is 0 Å². The van der Waals surface area contributed by atoms with E-state index in [2.05, 4.69) is 17.1 Å². The third kappa shape index (κ3) is 4.11. The van der Waals surface area contributed by atoms with Crippen LogP contribution < -0.4 is 5.56 Å². The van der Waals surface area contributed by atoms with Gasteiger partial charge in [-0.15, -0.1) is 0 Å². The topological polar surface area (TPSA) is 81.2 Å². The maximum atomic E-state index is 13.1. The number of likely N-dealkylation sites (tertiary alicyclic amines) is 1. The zero-order valence-corrected chi connectivity index (χ0v) is 16.0. The zero-order valence-electron chi connectivity index (χ0n) is 16.0. The van der Waals surface area contributed by atoms with Gasteiger partial charge in [-0.25, -0.2) is 4.39 Å². The molecule has 1 saturated heterocycles. The number of benzene rings is 1. The molecule has 3 heterocycles. The van der Waals surface area contributed by atoms with Crippen LogP contribution in [0.3, 0.4) is 0 Å². The van der Waals surface area contributed by atoms with Crippen LogP contribution in [0.25, 0.3) is 23.0 Å². The van der Waals surface area contributed by atoms with Gasteiger partial charge in [0.2, 0.25) is 11.7 Å². The van der Waals surface area contributed by atoms with Crippen LogP contribution in [0.4, 0.5) is 4.39 Å². The summed E-state index contributed by atoms with van der Waals surface area (Å²) < 4.78 is 19.8. The van der Waals surface area contributed by atoms with Crippen molar-refractivity contribution in [2.75, 3.05) is 13.1 Å². The molecule has 0 N–H and O–H groups in total. The molecule has 0 radical (unpaired) electrons. The molecule has 0 atom stereocenters. The molecule has 3 aromatic rings. The third-order valence-electron chi connectivity index (χ3n) is 5.23. The van der Waals surface area contributed by atoms with Crippen LogP contribution in [0.15, 0.2) is 51.8 Å². The summed E-state index contributed by atoms with van der Waals surface area (Å²) in [4.78, 5) is 31.3. The molecule has 0 aliphatic carbocycles. The summed E-state index contributed by atoms with van der Waals surface area (Å²) >= 11 is 0. The number of nitrogens with zero attached hydrogens (tertiary/aromatic N) is 4. The quantitative estimate of drug-likeness (QED) is 0.677. The van der Waals surface area contributed by atoms with Crippen molar-refractivity contribution in [1.82, 2.24) is 19.6 Å². The minimum Gasteiger partial charge on any atom is -0.341 e. The number of pyridine rings is 1. The van der Waals surface area contributed by atoms with E-state index in [1.165, 1.54) is 22.8 Å². The number of carbonyl (C=O) groups is 1. The Bertz CT molecular complexity index is 1070. The second kappa shape index (κ2) is 7.98. The summed E-state index contributed by atoms with van der Waals surface area (Å²) in [5.41, 5.74) is 0.643. The zero-order chi connectivity index (χ0) is 20.4. The van der Waals surface area contributed by atoms with Gasteiger partial charge in [0, 0.05) is 24.7 Å². The van der Waals surface area contributed by atoms with Gasteiger partial charge in [-0.2, -0.15) is 4.98 Å². The lowest BCUT2D eigenvalue weighted by atomic mass is 9.99. The standard InChI is InChI=1S/C21H21FN4O3/c1-14-9-11-25(12-10-14)19(28)13-26-17(3-2-4-18(26)27)21-23-20(24-29-21)15-5-7-16(22)8-6-15/h2-8,14H,9-13H2,1H3. The van der Waals surface area contributed by atoms with E-state index in [0.717, 1.165) is 12.8 Å². The van der Waals surface area contributed by atoms with Gasteiger partial charge in [-0.3, -0.25) is 14.2 Å². The SMILES string of the molecule is CC1CCN(C(=O)Cn2c(-c3nc(-c4ccc(F)cc4)no3)cccc2=O)CC1. The summed E-state index contributed by atoms with van der Waals surface area (Å²) in [6.07, 6.45) is 1.93. The lowest BCUT2D eigenvalue weighted by Crippen LogP contribution is -2.41. The predicted octanol–water partition coefficient (Wildman–Crippen LogP) is 2.96. The van der Waals surface area contributed by atoms with Crippen molar-refractivity contribution >= 4 is 5.91 Å². The Morgan fingerprint density at radius 1 is 1.17 bits per heavy atom. The van der Waals surface area contributed by atoms with Crippen LogP contribution in [-0.2, 0) is 11.3 Å². The molecule has 0 saturated carbocycles. The molecule has 0 unspecified atom stereocenters. The van der Waals surface area contributed by atoms with Crippen LogP contribution in [-0.4, -0.2) is 38.6 Å². The first-order valence-corrected chi connectivity index (χ1v) is 9.59. The van der Waals surface area contributed by atoms with Crippen molar-refractivity contribution < 1.29 is 13.7 Å². The second-order valence-electron chi connectivity index (χ2n) is 7.33. The molecule has 0 bridgehead atoms. The van der Waals surface area contributed by atoms with E-state index in [1.807, 2.05) is 0 Å². The van der Waals surface area contributed by atoms with Crippen molar-refractivity contribution in [3.63, 3.8) is 0 Å². The first-order valence-electron chi connectivity index (χ1n) is 9.59. The number of rotatable bonds is 4. The highest BCUT2D eigenvalue weighted by atomic mass is 19.1. The van der Waals surface area contributed by atoms with Gasteiger partial charge < -0.3 is 9.42 Å². The van der Waals surface area contributed by atoms with Crippen molar-refractivity contribution in [2.45, 2.75) is 26.3 Å². The molecule has 7 nitrogen and oxygen atoms in total. The Morgan fingerprint density at radius 2 is 1.90 bits per heavy atom. The van der Waals surface area contributed by atoms with E-state index >= 15 is 0 Å². The van der Waals surface area contributed by atoms with Gasteiger partial charge in [0.25, 0.3) is 11.4 Å². The Morgan fingerprint density at radius 3 is 2.62 bits per heavy atom. The highest BCUT2D eigenvalue weighted by molar-refractivity contribution is 5.76. The fourth-order valence-corrected chi connectivity index (χ4v) is 3.41. The lowest BCUT2D eigenvalue weighted by molar-refractivity contribution is -0.133. The first kappa shape index (κ1) is 19.0. The highest BCUT2D eigenvalue weighted by Gasteiger charge is 2.23. The molecule has 2 aromatic heterocycles. The lowest BCUT2D eigenvalue weighted by Gasteiger charge is -2.30. The molecule has 1 aliphatic heterocycles. The number of aromatic nitrogens is 3. The van der Waals surface area contributed by atoms with E-state index in [1.54, 1.807) is 29.2 Å². The Hall–Kier alpha value is -3.29.